The van der Waals surface area contributed by atoms with Crippen LogP contribution in [0.2, 0.25) is 0 Å². The van der Waals surface area contributed by atoms with E-state index in [1.807, 2.05) is 17.9 Å². The Labute approximate surface area is 124 Å². The minimum atomic E-state index is -1.02. The Bertz CT molecular complexity index is 572. The summed E-state index contributed by atoms with van der Waals surface area (Å²) in [7, 11) is 0. The van der Waals surface area contributed by atoms with Crippen LogP contribution in [0.3, 0.4) is 0 Å². The molecule has 0 atom stereocenters. The summed E-state index contributed by atoms with van der Waals surface area (Å²) in [6.07, 6.45) is 0.866. The summed E-state index contributed by atoms with van der Waals surface area (Å²) >= 11 is 0. The highest BCUT2D eigenvalue weighted by atomic mass is 16.4. The third-order valence-corrected chi connectivity index (χ3v) is 3.91. The lowest BCUT2D eigenvalue weighted by Crippen LogP contribution is -2.33. The lowest BCUT2D eigenvalue weighted by Gasteiger charge is -2.24. The fourth-order valence-electron chi connectivity index (χ4n) is 2.63. The lowest BCUT2D eigenvalue weighted by molar-refractivity contribution is -0.128. The number of hydrogen-bond acceptors (Lipinski definition) is 4. The number of amides is 1. The largest absolute Gasteiger partial charge is 0.478 e. The van der Waals surface area contributed by atoms with Crippen LogP contribution in [0.4, 0.5) is 11.4 Å². The summed E-state index contributed by atoms with van der Waals surface area (Å²) in [5.41, 5.74) is 7.88. The van der Waals surface area contributed by atoms with Crippen molar-refractivity contribution in [2.45, 2.75) is 20.3 Å². The monoisotopic (exact) mass is 291 g/mol. The van der Waals surface area contributed by atoms with Gasteiger partial charge in [0.05, 0.1) is 5.56 Å². The van der Waals surface area contributed by atoms with Gasteiger partial charge in [-0.1, -0.05) is 0 Å². The number of carbonyl (C=O) groups excluding carboxylic acids is 1. The van der Waals surface area contributed by atoms with Crippen LogP contribution in [0, 0.1) is 6.92 Å². The number of aryl methyl sites for hydroxylation is 1. The van der Waals surface area contributed by atoms with E-state index in [1.165, 1.54) is 0 Å². The third kappa shape index (κ3) is 3.26. The molecule has 1 saturated heterocycles. The van der Waals surface area contributed by atoms with Crippen LogP contribution >= 0.6 is 0 Å². The predicted molar refractivity (Wildman–Crippen MR) is 81.6 cm³/mol. The average Bonchev–Trinajstić information content (AvgIpc) is 2.67. The third-order valence-electron chi connectivity index (χ3n) is 3.91. The SMILES string of the molecule is CC(=O)N1CCCN(c2cc(C)c(N)c(C(=O)O)c2)CC1. The van der Waals surface area contributed by atoms with Crippen LogP contribution in [-0.2, 0) is 4.79 Å². The summed E-state index contributed by atoms with van der Waals surface area (Å²) in [6, 6.07) is 3.53. The number of aromatic carboxylic acids is 1. The quantitative estimate of drug-likeness (QED) is 0.803. The first-order valence-corrected chi connectivity index (χ1v) is 7.04. The highest BCUT2D eigenvalue weighted by Gasteiger charge is 2.19. The smallest absolute Gasteiger partial charge is 0.337 e. The first-order valence-electron chi connectivity index (χ1n) is 7.04. The molecule has 1 heterocycles. The normalized spacial score (nSPS) is 15.7. The Morgan fingerprint density at radius 2 is 1.90 bits per heavy atom. The van der Waals surface area contributed by atoms with Gasteiger partial charge in [0.2, 0.25) is 5.91 Å². The fourth-order valence-corrected chi connectivity index (χ4v) is 2.63. The maximum atomic E-state index is 11.5. The molecule has 1 fully saturated rings. The molecule has 1 amide bonds. The maximum Gasteiger partial charge on any atom is 0.337 e. The maximum absolute atomic E-state index is 11.5. The molecule has 0 radical (unpaired) electrons. The number of anilines is 2. The Hall–Kier alpha value is -2.24. The van der Waals surface area contributed by atoms with Crippen molar-refractivity contribution in [1.82, 2.24) is 4.90 Å². The zero-order chi connectivity index (χ0) is 15.6. The second kappa shape index (κ2) is 6.03. The van der Waals surface area contributed by atoms with E-state index in [9.17, 15) is 14.7 Å². The lowest BCUT2D eigenvalue weighted by atomic mass is 10.1. The molecule has 0 aromatic heterocycles. The summed E-state index contributed by atoms with van der Waals surface area (Å²) in [5, 5.41) is 9.23. The van der Waals surface area contributed by atoms with Gasteiger partial charge in [-0.05, 0) is 31.0 Å². The minimum Gasteiger partial charge on any atom is -0.478 e. The van der Waals surface area contributed by atoms with Crippen molar-refractivity contribution in [3.8, 4) is 0 Å². The van der Waals surface area contributed by atoms with Crippen LogP contribution in [0.25, 0.3) is 0 Å². The van der Waals surface area contributed by atoms with E-state index in [0.29, 0.717) is 18.8 Å². The zero-order valence-corrected chi connectivity index (χ0v) is 12.4. The van der Waals surface area contributed by atoms with E-state index in [2.05, 4.69) is 4.90 Å². The number of nitrogens with zero attached hydrogens (tertiary/aromatic N) is 2. The van der Waals surface area contributed by atoms with Gasteiger partial charge in [0.1, 0.15) is 0 Å². The van der Waals surface area contributed by atoms with E-state index < -0.39 is 5.97 Å². The molecule has 1 aromatic rings. The van der Waals surface area contributed by atoms with Gasteiger partial charge in [-0.3, -0.25) is 4.79 Å². The van der Waals surface area contributed by atoms with Crippen LogP contribution in [0.5, 0.6) is 0 Å². The molecular formula is C15H21N3O3. The van der Waals surface area contributed by atoms with Gasteiger partial charge in [-0.2, -0.15) is 0 Å². The van der Waals surface area contributed by atoms with Crippen LogP contribution in [0.1, 0.15) is 29.3 Å². The number of rotatable bonds is 2. The summed E-state index contributed by atoms with van der Waals surface area (Å²) in [5.74, 6) is -0.936. The molecule has 0 bridgehead atoms. The molecule has 0 aliphatic carbocycles. The zero-order valence-electron chi connectivity index (χ0n) is 12.4. The van der Waals surface area contributed by atoms with Crippen molar-refractivity contribution in [2.24, 2.45) is 0 Å². The van der Waals surface area contributed by atoms with Gasteiger partial charge in [-0.15, -0.1) is 0 Å². The number of carbonyl (C=O) groups is 2. The second-order valence-corrected chi connectivity index (χ2v) is 5.38. The number of nitrogen functional groups attached to an aromatic ring is 1. The fraction of sp³-hybridized carbons (Fsp3) is 0.467. The summed E-state index contributed by atoms with van der Waals surface area (Å²) < 4.78 is 0. The molecule has 0 spiro atoms. The molecule has 21 heavy (non-hydrogen) atoms. The Morgan fingerprint density at radius 1 is 1.19 bits per heavy atom. The van der Waals surface area contributed by atoms with E-state index >= 15 is 0 Å². The summed E-state index contributed by atoms with van der Waals surface area (Å²) in [4.78, 5) is 26.7. The molecule has 2 rings (SSSR count). The van der Waals surface area contributed by atoms with Crippen molar-refractivity contribution >= 4 is 23.3 Å². The van der Waals surface area contributed by atoms with Crippen LogP contribution < -0.4 is 10.6 Å². The molecule has 1 aromatic carbocycles. The Kier molecular flexibility index (Phi) is 4.35. The van der Waals surface area contributed by atoms with Crippen LogP contribution in [0.15, 0.2) is 12.1 Å². The average molecular weight is 291 g/mol. The van der Waals surface area contributed by atoms with Gasteiger partial charge in [0.25, 0.3) is 0 Å². The molecule has 0 saturated carbocycles. The van der Waals surface area contributed by atoms with Crippen molar-refractivity contribution in [1.29, 1.82) is 0 Å². The summed E-state index contributed by atoms with van der Waals surface area (Å²) in [6.45, 7) is 6.28. The Morgan fingerprint density at radius 3 is 2.52 bits per heavy atom. The number of hydrogen-bond donors (Lipinski definition) is 2. The van der Waals surface area contributed by atoms with Gasteiger partial charge in [0.15, 0.2) is 0 Å². The molecule has 6 heteroatoms. The molecule has 114 valence electrons. The van der Waals surface area contributed by atoms with E-state index in [0.717, 1.165) is 30.8 Å². The van der Waals surface area contributed by atoms with Gasteiger partial charge < -0.3 is 20.6 Å². The first-order chi connectivity index (χ1) is 9.90. The van der Waals surface area contributed by atoms with Gasteiger partial charge >= 0.3 is 5.97 Å². The van der Waals surface area contributed by atoms with Crippen molar-refractivity contribution in [3.05, 3.63) is 23.3 Å². The van der Waals surface area contributed by atoms with Gasteiger partial charge in [-0.25, -0.2) is 4.79 Å². The van der Waals surface area contributed by atoms with Crippen molar-refractivity contribution < 1.29 is 14.7 Å². The molecule has 6 nitrogen and oxygen atoms in total. The second-order valence-electron chi connectivity index (χ2n) is 5.38. The van der Waals surface area contributed by atoms with Crippen molar-refractivity contribution in [3.63, 3.8) is 0 Å². The molecule has 3 N–H and O–H groups in total. The van der Waals surface area contributed by atoms with Gasteiger partial charge in [0, 0.05) is 44.5 Å². The molecule has 0 unspecified atom stereocenters. The highest BCUT2D eigenvalue weighted by Crippen LogP contribution is 2.26. The Balaban J connectivity index is 2.26. The van der Waals surface area contributed by atoms with Crippen molar-refractivity contribution in [2.75, 3.05) is 36.8 Å². The standard InChI is InChI=1S/C15H21N3O3/c1-10-8-12(9-13(14(10)16)15(20)21)18-5-3-4-17(6-7-18)11(2)19/h8-9H,3-7,16H2,1-2H3,(H,20,21). The number of nitrogens with two attached hydrogens (primary N) is 1. The predicted octanol–water partition coefficient (Wildman–Crippen LogP) is 1.33. The minimum absolute atomic E-state index is 0.0801. The topological polar surface area (TPSA) is 86.9 Å². The molecular weight excluding hydrogens is 270 g/mol. The number of carboxylic acids is 1. The number of carboxylic acid groups (broad SMARTS) is 1. The molecule has 1 aliphatic heterocycles. The first kappa shape index (κ1) is 15.2. The van der Waals surface area contributed by atoms with Crippen LogP contribution in [-0.4, -0.2) is 48.1 Å². The molecule has 1 aliphatic rings. The van der Waals surface area contributed by atoms with E-state index in [4.69, 9.17) is 5.73 Å². The van der Waals surface area contributed by atoms with E-state index in [-0.39, 0.29) is 11.5 Å². The number of benzene rings is 1. The highest BCUT2D eigenvalue weighted by molar-refractivity contribution is 5.95. The van der Waals surface area contributed by atoms with E-state index in [1.54, 1.807) is 13.0 Å².